The Labute approximate surface area is 101 Å². The predicted molar refractivity (Wildman–Crippen MR) is 71.3 cm³/mol. The Balaban J connectivity index is 2.16. The number of benzene rings is 2. The number of carbonyl (C=O) groups excluding carboxylic acids is 1. The third-order valence-electron chi connectivity index (χ3n) is 2.32. The fraction of sp³-hybridized carbons (Fsp3) is 0. The summed E-state index contributed by atoms with van der Waals surface area (Å²) in [6.07, 6.45) is 4.04. The number of anilines is 2. The number of rotatable bonds is 4. The molecule has 2 heteroatoms. The zero-order valence-corrected chi connectivity index (χ0v) is 9.34. The maximum absolute atomic E-state index is 10.3. The average molecular weight is 223 g/mol. The van der Waals surface area contributed by atoms with Crippen LogP contribution in [-0.4, -0.2) is 6.29 Å². The van der Waals surface area contributed by atoms with Crippen LogP contribution in [0, 0.1) is 0 Å². The molecule has 2 aromatic rings. The molecule has 0 radical (unpaired) electrons. The molecule has 2 nitrogen and oxygen atoms in total. The van der Waals surface area contributed by atoms with Gasteiger partial charge in [0, 0.05) is 11.4 Å². The quantitative estimate of drug-likeness (QED) is 0.633. The average Bonchev–Trinajstić information content (AvgIpc) is 2.38. The topological polar surface area (TPSA) is 29.1 Å². The summed E-state index contributed by atoms with van der Waals surface area (Å²) in [6.45, 7) is 0. The molecule has 1 N–H and O–H groups in total. The van der Waals surface area contributed by atoms with Gasteiger partial charge >= 0.3 is 0 Å². The molecule has 17 heavy (non-hydrogen) atoms. The number of para-hydroxylation sites is 1. The van der Waals surface area contributed by atoms with Gasteiger partial charge in [-0.05, 0) is 35.9 Å². The molecule has 2 aromatic carbocycles. The van der Waals surface area contributed by atoms with Gasteiger partial charge in [-0.15, -0.1) is 0 Å². The Morgan fingerprint density at radius 2 is 1.65 bits per heavy atom. The summed E-state index contributed by atoms with van der Waals surface area (Å²) in [5.41, 5.74) is 3.05. The third-order valence-corrected chi connectivity index (χ3v) is 2.32. The van der Waals surface area contributed by atoms with Crippen molar-refractivity contribution in [3.8, 4) is 0 Å². The molecule has 0 unspecified atom stereocenters. The second kappa shape index (κ2) is 5.66. The van der Waals surface area contributed by atoms with Crippen molar-refractivity contribution < 1.29 is 4.79 Å². The van der Waals surface area contributed by atoms with Crippen LogP contribution in [-0.2, 0) is 4.79 Å². The van der Waals surface area contributed by atoms with Crippen molar-refractivity contribution in [2.75, 3.05) is 5.32 Å². The molecule has 0 spiro atoms. The number of hydrogen-bond donors (Lipinski definition) is 1. The van der Waals surface area contributed by atoms with Gasteiger partial charge in [0.05, 0.1) is 0 Å². The Hall–Kier alpha value is -2.35. The van der Waals surface area contributed by atoms with Gasteiger partial charge in [-0.2, -0.15) is 0 Å². The highest BCUT2D eigenvalue weighted by Gasteiger charge is 1.94. The lowest BCUT2D eigenvalue weighted by Gasteiger charge is -2.06. The second-order valence-corrected chi connectivity index (χ2v) is 3.61. The van der Waals surface area contributed by atoms with Crippen molar-refractivity contribution in [3.05, 3.63) is 66.2 Å². The maximum atomic E-state index is 10.3. The minimum absolute atomic E-state index is 0.775. The molecule has 0 atom stereocenters. The van der Waals surface area contributed by atoms with E-state index in [0.29, 0.717) is 0 Å². The minimum atomic E-state index is 0.775. The van der Waals surface area contributed by atoms with Gasteiger partial charge < -0.3 is 5.32 Å². The Bertz CT molecular complexity index is 517. The highest BCUT2D eigenvalue weighted by Crippen LogP contribution is 2.17. The van der Waals surface area contributed by atoms with Crippen LogP contribution in [0.15, 0.2) is 60.7 Å². The third kappa shape index (κ3) is 3.31. The van der Waals surface area contributed by atoms with Gasteiger partial charge in [0.25, 0.3) is 0 Å². The molecule has 84 valence electrons. The van der Waals surface area contributed by atoms with Gasteiger partial charge in [0.15, 0.2) is 0 Å². The van der Waals surface area contributed by atoms with E-state index < -0.39 is 0 Å². The van der Waals surface area contributed by atoms with Crippen molar-refractivity contribution in [1.29, 1.82) is 0 Å². The van der Waals surface area contributed by atoms with E-state index in [2.05, 4.69) is 5.32 Å². The fourth-order valence-corrected chi connectivity index (χ4v) is 1.56. The van der Waals surface area contributed by atoms with E-state index in [0.717, 1.165) is 23.2 Å². The van der Waals surface area contributed by atoms with Gasteiger partial charge in [-0.3, -0.25) is 4.79 Å². The van der Waals surface area contributed by atoms with Crippen molar-refractivity contribution in [1.82, 2.24) is 0 Å². The maximum Gasteiger partial charge on any atom is 0.142 e. The van der Waals surface area contributed by atoms with E-state index in [4.69, 9.17) is 0 Å². The summed E-state index contributed by atoms with van der Waals surface area (Å²) in [4.78, 5) is 10.3. The second-order valence-electron chi connectivity index (χ2n) is 3.61. The van der Waals surface area contributed by atoms with E-state index in [-0.39, 0.29) is 0 Å². The normalized spacial score (nSPS) is 10.4. The minimum Gasteiger partial charge on any atom is -0.356 e. The molecule has 0 aromatic heterocycles. The van der Waals surface area contributed by atoms with E-state index in [9.17, 15) is 4.79 Å². The van der Waals surface area contributed by atoms with Gasteiger partial charge in [0.1, 0.15) is 6.29 Å². The SMILES string of the molecule is O=CC=Cc1cccc(Nc2ccccc2)c1. The molecule has 0 saturated heterocycles. The van der Waals surface area contributed by atoms with E-state index in [1.54, 1.807) is 6.08 Å². The first-order valence-electron chi connectivity index (χ1n) is 5.42. The van der Waals surface area contributed by atoms with E-state index >= 15 is 0 Å². The summed E-state index contributed by atoms with van der Waals surface area (Å²) in [7, 11) is 0. The lowest BCUT2D eigenvalue weighted by molar-refractivity contribution is -0.104. The first kappa shape index (κ1) is 11.1. The monoisotopic (exact) mass is 223 g/mol. The van der Waals surface area contributed by atoms with Crippen molar-refractivity contribution in [2.45, 2.75) is 0 Å². The largest absolute Gasteiger partial charge is 0.356 e. The number of nitrogens with one attached hydrogen (secondary N) is 1. The first-order valence-corrected chi connectivity index (χ1v) is 5.42. The summed E-state index contributed by atoms with van der Waals surface area (Å²) in [5, 5.41) is 3.30. The summed E-state index contributed by atoms with van der Waals surface area (Å²) in [5.74, 6) is 0. The van der Waals surface area contributed by atoms with Crippen molar-refractivity contribution in [3.63, 3.8) is 0 Å². The fourth-order valence-electron chi connectivity index (χ4n) is 1.56. The van der Waals surface area contributed by atoms with Crippen LogP contribution in [0.5, 0.6) is 0 Å². The number of carbonyl (C=O) groups is 1. The smallest absolute Gasteiger partial charge is 0.142 e. The zero-order chi connectivity index (χ0) is 11.9. The van der Waals surface area contributed by atoms with Crippen LogP contribution < -0.4 is 5.32 Å². The van der Waals surface area contributed by atoms with Crippen LogP contribution in [0.3, 0.4) is 0 Å². The molecule has 0 amide bonds. The van der Waals surface area contributed by atoms with Crippen LogP contribution in [0.4, 0.5) is 11.4 Å². The van der Waals surface area contributed by atoms with Crippen LogP contribution in [0.1, 0.15) is 5.56 Å². The van der Waals surface area contributed by atoms with Crippen LogP contribution in [0.25, 0.3) is 6.08 Å². The zero-order valence-electron chi connectivity index (χ0n) is 9.34. The molecule has 0 bridgehead atoms. The highest BCUT2D eigenvalue weighted by molar-refractivity contribution is 5.75. The lowest BCUT2D eigenvalue weighted by Crippen LogP contribution is -1.89. The van der Waals surface area contributed by atoms with E-state index in [1.165, 1.54) is 6.08 Å². The molecule has 0 saturated carbocycles. The number of hydrogen-bond acceptors (Lipinski definition) is 2. The molecule has 2 rings (SSSR count). The van der Waals surface area contributed by atoms with Crippen molar-refractivity contribution in [2.24, 2.45) is 0 Å². The predicted octanol–water partition coefficient (Wildman–Crippen LogP) is 3.64. The summed E-state index contributed by atoms with van der Waals surface area (Å²) in [6, 6.07) is 17.9. The molecule has 0 heterocycles. The summed E-state index contributed by atoms with van der Waals surface area (Å²) >= 11 is 0. The van der Waals surface area contributed by atoms with Gasteiger partial charge in [0.2, 0.25) is 0 Å². The molecular weight excluding hydrogens is 210 g/mol. The van der Waals surface area contributed by atoms with E-state index in [1.807, 2.05) is 54.6 Å². The van der Waals surface area contributed by atoms with Crippen LogP contribution >= 0.6 is 0 Å². The highest BCUT2D eigenvalue weighted by atomic mass is 16.1. The molecule has 0 aliphatic heterocycles. The molecule has 0 aliphatic rings. The molecule has 0 aliphatic carbocycles. The van der Waals surface area contributed by atoms with Crippen molar-refractivity contribution >= 4 is 23.7 Å². The molecular formula is C15H13NO. The lowest BCUT2D eigenvalue weighted by atomic mass is 10.2. The Kier molecular flexibility index (Phi) is 3.71. The van der Waals surface area contributed by atoms with Gasteiger partial charge in [-0.25, -0.2) is 0 Å². The first-order chi connectivity index (χ1) is 8.38. The Morgan fingerprint density at radius 3 is 2.41 bits per heavy atom. The number of allylic oxidation sites excluding steroid dienone is 1. The Morgan fingerprint density at radius 1 is 0.882 bits per heavy atom. The number of aldehydes is 1. The molecule has 0 fully saturated rings. The summed E-state index contributed by atoms with van der Waals surface area (Å²) < 4.78 is 0. The standard InChI is InChI=1S/C15H13NO/c17-11-5-7-13-6-4-10-15(12-13)16-14-8-2-1-3-9-14/h1-12,16H. The van der Waals surface area contributed by atoms with Gasteiger partial charge in [-0.1, -0.05) is 36.4 Å². The van der Waals surface area contributed by atoms with Crippen LogP contribution in [0.2, 0.25) is 0 Å².